The number of hydrogen-bond acceptors (Lipinski definition) is 8. The lowest BCUT2D eigenvalue weighted by Gasteiger charge is -2.34. The highest BCUT2D eigenvalue weighted by Crippen LogP contribution is 2.32. The zero-order valence-electron chi connectivity index (χ0n) is 13.9. The summed E-state index contributed by atoms with van der Waals surface area (Å²) in [4.78, 5) is 29.4. The highest BCUT2D eigenvalue weighted by molar-refractivity contribution is 8.18. The number of nitrogens with zero attached hydrogens (tertiary/aromatic N) is 3. The maximum Gasteiger partial charge on any atom is 0.290 e. The molecule has 0 radical (unpaired) electrons. The Hall–Kier alpha value is -2.41. The van der Waals surface area contributed by atoms with Gasteiger partial charge >= 0.3 is 0 Å². The summed E-state index contributed by atoms with van der Waals surface area (Å²) in [6.07, 6.45) is 4.79. The second-order valence-electron chi connectivity index (χ2n) is 6.01. The fourth-order valence-electron chi connectivity index (χ4n) is 3.00. The topological polar surface area (TPSA) is 139 Å². The number of rotatable bonds is 3. The summed E-state index contributed by atoms with van der Waals surface area (Å²) in [7, 11) is -3.70. The van der Waals surface area contributed by atoms with Crippen LogP contribution in [0.4, 0.5) is 10.5 Å². The minimum absolute atomic E-state index is 0.260. The molecular weight excluding hydrogens is 394 g/mol. The van der Waals surface area contributed by atoms with Crippen LogP contribution in [0.2, 0.25) is 0 Å². The Morgan fingerprint density at radius 3 is 2.59 bits per heavy atom. The van der Waals surface area contributed by atoms with Gasteiger partial charge in [-0.25, -0.2) is 5.14 Å². The summed E-state index contributed by atoms with van der Waals surface area (Å²) in [6, 6.07) is 1.73. The molecule has 27 heavy (non-hydrogen) atoms. The Kier molecular flexibility index (Phi) is 4.42. The van der Waals surface area contributed by atoms with Crippen molar-refractivity contribution in [3.8, 4) is 0 Å². The van der Waals surface area contributed by atoms with Crippen LogP contribution in [0.5, 0.6) is 0 Å². The molecule has 0 unspecified atom stereocenters. The minimum Gasteiger partial charge on any atom is -0.454 e. The van der Waals surface area contributed by atoms with Crippen molar-refractivity contribution >= 4 is 55.9 Å². The maximum atomic E-state index is 11.7. The first-order chi connectivity index (χ1) is 12.8. The van der Waals surface area contributed by atoms with Crippen LogP contribution in [-0.4, -0.2) is 55.0 Å². The molecule has 0 spiro atoms. The molecule has 4 heterocycles. The second kappa shape index (κ2) is 6.64. The van der Waals surface area contributed by atoms with Gasteiger partial charge in [0.2, 0.25) is 0 Å². The van der Waals surface area contributed by atoms with Gasteiger partial charge in [0, 0.05) is 43.8 Å². The van der Waals surface area contributed by atoms with Gasteiger partial charge in [-0.1, -0.05) is 0 Å². The zero-order chi connectivity index (χ0) is 19.2. The number of amides is 2. The van der Waals surface area contributed by atoms with Gasteiger partial charge in [0.1, 0.15) is 5.76 Å². The molecule has 12 heteroatoms. The van der Waals surface area contributed by atoms with Crippen molar-refractivity contribution in [1.82, 2.24) is 14.6 Å². The van der Waals surface area contributed by atoms with Crippen LogP contribution < -0.4 is 15.4 Å². The Labute approximate surface area is 158 Å². The normalized spacial score (nSPS) is 20.6. The fourth-order valence-corrected chi connectivity index (χ4v) is 4.33. The van der Waals surface area contributed by atoms with Crippen LogP contribution in [0, 0.1) is 0 Å². The number of imide groups is 1. The van der Waals surface area contributed by atoms with Crippen molar-refractivity contribution in [2.45, 2.75) is 0 Å². The molecule has 0 bridgehead atoms. The lowest BCUT2D eigenvalue weighted by Crippen LogP contribution is -2.50. The van der Waals surface area contributed by atoms with Gasteiger partial charge in [0.15, 0.2) is 5.58 Å². The zero-order valence-corrected chi connectivity index (χ0v) is 15.5. The number of nitrogens with one attached hydrogen (secondary N) is 1. The van der Waals surface area contributed by atoms with E-state index in [1.54, 1.807) is 18.5 Å². The minimum atomic E-state index is -3.70. The Morgan fingerprint density at radius 2 is 1.96 bits per heavy atom. The molecule has 3 N–H and O–H groups in total. The van der Waals surface area contributed by atoms with Crippen molar-refractivity contribution in [1.29, 1.82) is 0 Å². The number of pyridine rings is 1. The van der Waals surface area contributed by atoms with E-state index in [0.29, 0.717) is 24.4 Å². The van der Waals surface area contributed by atoms with Crippen LogP contribution in [0.25, 0.3) is 17.0 Å². The lowest BCUT2D eigenvalue weighted by atomic mass is 10.2. The molecule has 4 rings (SSSR count). The van der Waals surface area contributed by atoms with Gasteiger partial charge in [-0.15, -0.1) is 0 Å². The highest BCUT2D eigenvalue weighted by atomic mass is 32.2. The molecule has 2 aromatic heterocycles. The summed E-state index contributed by atoms with van der Waals surface area (Å²) < 4.78 is 30.0. The van der Waals surface area contributed by atoms with Gasteiger partial charge in [-0.2, -0.15) is 12.7 Å². The molecule has 0 aromatic carbocycles. The number of carbonyl (C=O) groups is 2. The molecule has 10 nitrogen and oxygen atoms in total. The predicted molar refractivity (Wildman–Crippen MR) is 100 cm³/mol. The van der Waals surface area contributed by atoms with E-state index in [9.17, 15) is 18.0 Å². The molecule has 2 amide bonds. The molecule has 142 valence electrons. The molecular formula is C15H15N5O5S2. The van der Waals surface area contributed by atoms with Gasteiger partial charge in [-0.05, 0) is 17.8 Å². The van der Waals surface area contributed by atoms with Crippen molar-refractivity contribution < 1.29 is 22.4 Å². The van der Waals surface area contributed by atoms with Crippen LogP contribution in [0.3, 0.4) is 0 Å². The first-order valence-electron chi connectivity index (χ1n) is 7.96. The third-order valence-corrected chi connectivity index (χ3v) is 6.17. The number of anilines is 1. The number of nitrogens with two attached hydrogens (primary N) is 1. The largest absolute Gasteiger partial charge is 0.454 e. The summed E-state index contributed by atoms with van der Waals surface area (Å²) in [5, 5.41) is 7.68. The Morgan fingerprint density at radius 1 is 1.22 bits per heavy atom. The first-order valence-corrected chi connectivity index (χ1v) is 10.3. The number of furan rings is 1. The smallest absolute Gasteiger partial charge is 0.290 e. The Balaban J connectivity index is 1.62. The van der Waals surface area contributed by atoms with E-state index in [4.69, 9.17) is 9.56 Å². The van der Waals surface area contributed by atoms with E-state index in [1.807, 2.05) is 4.90 Å². The van der Waals surface area contributed by atoms with Crippen LogP contribution in [-0.2, 0) is 15.0 Å². The van der Waals surface area contributed by atoms with Crippen LogP contribution in [0.15, 0.2) is 27.8 Å². The van der Waals surface area contributed by atoms with Gasteiger partial charge in [0.25, 0.3) is 21.4 Å². The third-order valence-electron chi connectivity index (χ3n) is 4.28. The summed E-state index contributed by atoms with van der Waals surface area (Å²) in [5.41, 5.74) is 1.31. The SMILES string of the molecule is NS(=O)(=O)N1CCN(c2cncc3cc(C=C4SC(=O)NC4=O)oc23)CC1. The molecule has 2 aromatic rings. The van der Waals surface area contributed by atoms with Crippen molar-refractivity contribution in [3.05, 3.63) is 29.1 Å². The van der Waals surface area contributed by atoms with Gasteiger partial charge in [0.05, 0.1) is 16.8 Å². The molecule has 2 fully saturated rings. The highest BCUT2D eigenvalue weighted by Gasteiger charge is 2.27. The molecule has 0 atom stereocenters. The van der Waals surface area contributed by atoms with E-state index in [0.717, 1.165) is 22.8 Å². The monoisotopic (exact) mass is 409 g/mol. The summed E-state index contributed by atoms with van der Waals surface area (Å²) in [5.74, 6) is -0.0299. The molecule has 0 aliphatic carbocycles. The number of hydrogen-bond donors (Lipinski definition) is 2. The molecule has 0 saturated carbocycles. The number of carbonyl (C=O) groups excluding carboxylic acids is 2. The van der Waals surface area contributed by atoms with E-state index in [2.05, 4.69) is 10.3 Å². The van der Waals surface area contributed by atoms with E-state index >= 15 is 0 Å². The van der Waals surface area contributed by atoms with E-state index in [-0.39, 0.29) is 18.0 Å². The molecule has 2 aliphatic heterocycles. The average molecular weight is 409 g/mol. The van der Waals surface area contributed by atoms with E-state index in [1.165, 1.54) is 10.4 Å². The van der Waals surface area contributed by atoms with Crippen LogP contribution in [0.1, 0.15) is 5.76 Å². The number of piperazine rings is 1. The van der Waals surface area contributed by atoms with Crippen molar-refractivity contribution in [2.24, 2.45) is 5.14 Å². The van der Waals surface area contributed by atoms with Crippen molar-refractivity contribution in [2.75, 3.05) is 31.1 Å². The van der Waals surface area contributed by atoms with Gasteiger partial charge in [-0.3, -0.25) is 19.9 Å². The standard InChI is InChI=1S/C15H15N5O5S2/c16-27(23,24)20-3-1-19(2-4-20)11-8-17-7-9-5-10(25-13(9)11)6-12-14(21)18-15(22)26-12/h5-8H,1-4H2,(H2,16,23,24)(H,18,21,22). The molecule has 2 saturated heterocycles. The Bertz CT molecular complexity index is 1070. The average Bonchev–Trinajstić information content (AvgIpc) is 3.16. The second-order valence-corrected chi connectivity index (χ2v) is 8.57. The van der Waals surface area contributed by atoms with Gasteiger partial charge < -0.3 is 9.32 Å². The predicted octanol–water partition coefficient (Wildman–Crippen LogP) is 0.477. The first kappa shape index (κ1) is 18.0. The van der Waals surface area contributed by atoms with Crippen LogP contribution >= 0.6 is 11.8 Å². The third kappa shape index (κ3) is 3.56. The number of fused-ring (bicyclic) bond motifs is 1. The van der Waals surface area contributed by atoms with E-state index < -0.39 is 21.4 Å². The molecule has 2 aliphatic rings. The number of aromatic nitrogens is 1. The van der Waals surface area contributed by atoms with Crippen molar-refractivity contribution in [3.63, 3.8) is 0 Å². The lowest BCUT2D eigenvalue weighted by molar-refractivity contribution is -0.115. The quantitative estimate of drug-likeness (QED) is 0.698. The fraction of sp³-hybridized carbons (Fsp3) is 0.267. The maximum absolute atomic E-state index is 11.7. The summed E-state index contributed by atoms with van der Waals surface area (Å²) >= 11 is 0.814. The summed E-state index contributed by atoms with van der Waals surface area (Å²) in [6.45, 7) is 1.43. The number of thioether (sulfide) groups is 1.